The Hall–Kier alpha value is 1.00. The van der Waals surface area contributed by atoms with Gasteiger partial charge in [0.25, 0.3) is 0 Å². The summed E-state index contributed by atoms with van der Waals surface area (Å²) >= 11 is 0. The molecule has 0 aliphatic carbocycles. The maximum Gasteiger partial charge on any atom is 2.00 e. The van der Waals surface area contributed by atoms with Crippen molar-refractivity contribution in [2.45, 2.75) is 6.42 Å². The Morgan fingerprint density at radius 2 is 1.86 bits per heavy atom. The predicted octanol–water partition coefficient (Wildman–Crippen LogP) is 0.520. The van der Waals surface area contributed by atoms with Crippen molar-refractivity contribution < 1.29 is 39.5 Å². The van der Waals surface area contributed by atoms with Crippen molar-refractivity contribution in [1.82, 2.24) is 0 Å². The van der Waals surface area contributed by atoms with Crippen LogP contribution in [-0.2, 0) is 19.1 Å². The first-order valence-electron chi connectivity index (χ1n) is 1.62. The minimum Gasteiger partial charge on any atom is -0.424 e. The second kappa shape index (κ2) is 7.00. The summed E-state index contributed by atoms with van der Waals surface area (Å²) in [6.07, 6.45) is 0.468. The van der Waals surface area contributed by atoms with Crippen LogP contribution in [0.3, 0.4) is 0 Å². The Morgan fingerprint density at radius 3 is 1.86 bits per heavy atom. The molecule has 0 aromatic heterocycles. The Morgan fingerprint density at radius 1 is 1.43 bits per heavy atom. The van der Waals surface area contributed by atoms with Gasteiger partial charge in [-0.15, -0.1) is 0 Å². The third-order valence-electron chi connectivity index (χ3n) is 0.311. The van der Waals surface area contributed by atoms with E-state index in [1.165, 1.54) is 0 Å². The van der Waals surface area contributed by atoms with Crippen molar-refractivity contribution in [3.8, 4) is 0 Å². The van der Waals surface area contributed by atoms with Crippen molar-refractivity contribution in [3.05, 3.63) is 6.92 Å². The van der Waals surface area contributed by atoms with Gasteiger partial charge in [0, 0.05) is 0 Å². The van der Waals surface area contributed by atoms with Gasteiger partial charge in [-0.1, -0.05) is 16.5 Å². The largest absolute Gasteiger partial charge is 2.00 e. The molecule has 0 radical (unpaired) electrons. The fraction of sp³-hybridized carbons (Fsp3) is 0.667. The van der Waals surface area contributed by atoms with E-state index < -0.39 is 10.7 Å². The van der Waals surface area contributed by atoms with E-state index >= 15 is 0 Å². The molecular formula is C3H6O2SU. The smallest absolute Gasteiger partial charge is 0.424 e. The van der Waals surface area contributed by atoms with Gasteiger partial charge in [-0.05, 0) is 0 Å². The molecule has 0 aromatic carbocycles. The zero-order valence-corrected chi connectivity index (χ0v) is 8.83. The number of rotatable bonds is 2. The van der Waals surface area contributed by atoms with Crippen LogP contribution in [0.5, 0.6) is 0 Å². The molecule has 0 saturated carbocycles. The minimum atomic E-state index is -1.88. The van der Waals surface area contributed by atoms with E-state index in [4.69, 9.17) is 0 Å². The molecule has 0 aromatic rings. The Kier molecular flexibility index (Phi) is 10.9. The van der Waals surface area contributed by atoms with Gasteiger partial charge >= 0.3 is 31.1 Å². The van der Waals surface area contributed by atoms with Gasteiger partial charge in [-0.3, -0.25) is 0 Å². The van der Waals surface area contributed by atoms with Crippen LogP contribution in [0.15, 0.2) is 0 Å². The molecule has 2 nitrogen and oxygen atoms in total. The first-order chi connectivity index (χ1) is 2.77. The summed E-state index contributed by atoms with van der Waals surface area (Å²) in [7, 11) is -1.88. The molecule has 0 bridgehead atoms. The maximum atomic E-state index is 9.56. The summed E-state index contributed by atoms with van der Waals surface area (Å²) in [5.74, 6) is 0.181. The van der Waals surface area contributed by atoms with E-state index in [9.17, 15) is 8.42 Å². The van der Waals surface area contributed by atoms with Crippen molar-refractivity contribution in [2.75, 3.05) is 5.75 Å². The molecule has 0 N–H and O–H groups in total. The summed E-state index contributed by atoms with van der Waals surface area (Å²) < 4.78 is 19.1. The first kappa shape index (κ1) is 10.9. The molecule has 0 heterocycles. The maximum absolute atomic E-state index is 9.56. The average molecular weight is 344 g/mol. The van der Waals surface area contributed by atoms with Gasteiger partial charge in [0.05, 0.1) is 0 Å². The summed E-state index contributed by atoms with van der Waals surface area (Å²) in [5.41, 5.74) is 0. The topological polar surface area (TPSA) is 34.1 Å². The summed E-state index contributed by atoms with van der Waals surface area (Å²) in [6.45, 7) is 3.33. The second-order valence-electron chi connectivity index (χ2n) is 0.861. The van der Waals surface area contributed by atoms with E-state index in [1.54, 1.807) is 0 Å². The molecule has 0 rings (SSSR count). The quantitative estimate of drug-likeness (QED) is 0.541. The molecule has 7 heavy (non-hydrogen) atoms. The van der Waals surface area contributed by atoms with Crippen LogP contribution in [0.25, 0.3) is 0 Å². The van der Waals surface area contributed by atoms with Gasteiger partial charge in [-0.25, -0.2) is 0 Å². The van der Waals surface area contributed by atoms with Crippen molar-refractivity contribution in [2.24, 2.45) is 0 Å². The molecule has 0 aliphatic rings. The average Bonchev–Trinajstić information content (AvgIpc) is 1.35. The van der Waals surface area contributed by atoms with Gasteiger partial charge in [0.1, 0.15) is 0 Å². The summed E-state index contributed by atoms with van der Waals surface area (Å²) in [5, 5.41) is 0. The van der Waals surface area contributed by atoms with Crippen molar-refractivity contribution in [3.63, 3.8) is 0 Å². The van der Waals surface area contributed by atoms with E-state index in [0.717, 1.165) is 0 Å². The molecular weight excluding hydrogens is 338 g/mol. The van der Waals surface area contributed by atoms with Gasteiger partial charge < -0.3 is 15.3 Å². The van der Waals surface area contributed by atoms with Gasteiger partial charge in [0.2, 0.25) is 0 Å². The summed E-state index contributed by atoms with van der Waals surface area (Å²) in [4.78, 5) is 0. The molecule has 0 unspecified atom stereocenters. The van der Waals surface area contributed by atoms with E-state index in [2.05, 4.69) is 6.92 Å². The molecule has 40 valence electrons. The number of hydrogen-bond acceptors (Lipinski definition) is 3. The number of hydrogen-bond donors (Lipinski definition) is 0. The molecule has 0 atom stereocenters. The standard InChI is InChI=1S/C3H6O2S.U/c1-2-3-6(4)5;/h1-3H2;/q-2;+2. The van der Waals surface area contributed by atoms with Crippen LogP contribution in [-0.4, -0.2) is 5.75 Å². The van der Waals surface area contributed by atoms with E-state index in [-0.39, 0.29) is 36.9 Å². The fourth-order valence-corrected chi connectivity index (χ4v) is 0.354. The minimum absolute atomic E-state index is 0. The van der Waals surface area contributed by atoms with Crippen LogP contribution in [0.2, 0.25) is 0 Å². The molecule has 0 amide bonds. The Bertz CT molecular complexity index is 80.9. The van der Waals surface area contributed by atoms with E-state index in [0.29, 0.717) is 6.42 Å². The van der Waals surface area contributed by atoms with E-state index in [1.807, 2.05) is 0 Å². The first-order valence-corrected chi connectivity index (χ1v) is 2.87. The van der Waals surface area contributed by atoms with Crippen molar-refractivity contribution >= 4 is 10.7 Å². The van der Waals surface area contributed by atoms with Crippen LogP contribution >= 0.6 is 0 Å². The third-order valence-corrected chi connectivity index (χ3v) is 0.933. The third kappa shape index (κ3) is 10.9. The van der Waals surface area contributed by atoms with Crippen LogP contribution < -0.4 is 0 Å². The molecule has 0 fully saturated rings. The zero-order valence-electron chi connectivity index (χ0n) is 3.85. The SMILES string of the molecule is [CH2-]CC[S-](=O)=O.[U+2]. The normalized spacial score (nSPS) is 8.29. The van der Waals surface area contributed by atoms with Gasteiger partial charge in [-0.2, -0.15) is 6.42 Å². The second-order valence-corrected chi connectivity index (χ2v) is 1.88. The molecule has 4 heteroatoms. The zero-order chi connectivity index (χ0) is 4.99. The van der Waals surface area contributed by atoms with Gasteiger partial charge in [0.15, 0.2) is 0 Å². The van der Waals surface area contributed by atoms with Crippen LogP contribution in [0.4, 0.5) is 0 Å². The Labute approximate surface area is 69.0 Å². The molecule has 0 saturated heterocycles. The summed E-state index contributed by atoms with van der Waals surface area (Å²) in [6, 6.07) is 0. The van der Waals surface area contributed by atoms with Crippen LogP contribution in [0.1, 0.15) is 6.42 Å². The Balaban J connectivity index is 0. The fourth-order valence-electron chi connectivity index (χ4n) is 0.118. The molecule has 0 aliphatic heterocycles. The van der Waals surface area contributed by atoms with Crippen LogP contribution in [0, 0.1) is 38.0 Å². The van der Waals surface area contributed by atoms with Crippen molar-refractivity contribution in [1.29, 1.82) is 0 Å². The molecule has 0 spiro atoms. The predicted molar refractivity (Wildman–Crippen MR) is 23.6 cm³/mol. The monoisotopic (exact) mass is 344 g/mol.